The Morgan fingerprint density at radius 3 is 2.75 bits per heavy atom. The van der Waals surface area contributed by atoms with Crippen LogP contribution in [0.4, 0.5) is 0 Å². The smallest absolute Gasteiger partial charge is 0.236 e. The Hall–Kier alpha value is -2.40. The fraction of sp³-hybridized carbons (Fsp3) is 0.478. The van der Waals surface area contributed by atoms with Crippen molar-refractivity contribution in [3.8, 4) is 17.0 Å². The highest BCUT2D eigenvalue weighted by molar-refractivity contribution is 5.78. The van der Waals surface area contributed by atoms with Gasteiger partial charge in [0.15, 0.2) is 0 Å². The molecular formula is C23H31N3O2. The van der Waals surface area contributed by atoms with E-state index >= 15 is 0 Å². The molecule has 28 heavy (non-hydrogen) atoms. The molecular weight excluding hydrogens is 350 g/mol. The van der Waals surface area contributed by atoms with Crippen LogP contribution in [-0.2, 0) is 4.79 Å². The lowest BCUT2D eigenvalue weighted by Gasteiger charge is -2.33. The van der Waals surface area contributed by atoms with E-state index in [1.807, 2.05) is 43.0 Å². The van der Waals surface area contributed by atoms with Gasteiger partial charge in [0.2, 0.25) is 5.91 Å². The molecule has 2 heterocycles. The predicted octanol–water partition coefficient (Wildman–Crippen LogP) is 3.81. The molecule has 0 bridgehead atoms. The van der Waals surface area contributed by atoms with Gasteiger partial charge >= 0.3 is 0 Å². The Bertz CT molecular complexity index is 789. The van der Waals surface area contributed by atoms with E-state index in [4.69, 9.17) is 9.72 Å². The van der Waals surface area contributed by atoms with Crippen molar-refractivity contribution < 1.29 is 9.53 Å². The van der Waals surface area contributed by atoms with Crippen LogP contribution in [0.15, 0.2) is 42.5 Å². The van der Waals surface area contributed by atoms with E-state index in [-0.39, 0.29) is 5.91 Å². The van der Waals surface area contributed by atoms with Crippen LogP contribution in [0.1, 0.15) is 38.3 Å². The highest BCUT2D eigenvalue weighted by Crippen LogP contribution is 2.28. The molecule has 1 aliphatic heterocycles. The number of rotatable bonds is 7. The number of piperidine rings is 1. The molecule has 0 N–H and O–H groups in total. The maximum Gasteiger partial charge on any atom is 0.236 e. The van der Waals surface area contributed by atoms with E-state index in [1.54, 1.807) is 7.11 Å². The Labute approximate surface area is 168 Å². The Kier molecular flexibility index (Phi) is 7.04. The van der Waals surface area contributed by atoms with E-state index in [2.05, 4.69) is 23.1 Å². The summed E-state index contributed by atoms with van der Waals surface area (Å²) in [4.78, 5) is 21.6. The molecule has 1 atom stereocenters. The molecule has 2 aromatic rings. The number of likely N-dealkylation sites (N-methyl/N-ethyl adjacent to an activating group) is 1. The highest BCUT2D eigenvalue weighted by atomic mass is 16.5. The van der Waals surface area contributed by atoms with E-state index in [0.29, 0.717) is 12.5 Å². The van der Waals surface area contributed by atoms with Crippen molar-refractivity contribution in [2.45, 2.75) is 32.6 Å². The van der Waals surface area contributed by atoms with Gasteiger partial charge in [0, 0.05) is 36.8 Å². The second-order valence-corrected chi connectivity index (χ2v) is 7.32. The van der Waals surface area contributed by atoms with Gasteiger partial charge in [0.1, 0.15) is 5.75 Å². The molecule has 5 nitrogen and oxygen atoms in total. The number of aromatic nitrogens is 1. The SMILES string of the molecule is CCN(CC)C(=O)CN1CCC[C@@H](c2cccc(-c3cccc(OC)c3)n2)C1. The number of likely N-dealkylation sites (tertiary alicyclic amines) is 1. The van der Waals surface area contributed by atoms with Crippen molar-refractivity contribution in [3.63, 3.8) is 0 Å². The number of benzene rings is 1. The quantitative estimate of drug-likeness (QED) is 0.732. The van der Waals surface area contributed by atoms with Crippen LogP contribution >= 0.6 is 0 Å². The summed E-state index contributed by atoms with van der Waals surface area (Å²) in [5.74, 6) is 1.43. The predicted molar refractivity (Wildman–Crippen MR) is 113 cm³/mol. The summed E-state index contributed by atoms with van der Waals surface area (Å²) in [6.45, 7) is 8.00. The average Bonchev–Trinajstić information content (AvgIpc) is 2.75. The van der Waals surface area contributed by atoms with Gasteiger partial charge in [-0.3, -0.25) is 14.7 Å². The first-order valence-corrected chi connectivity index (χ1v) is 10.3. The van der Waals surface area contributed by atoms with E-state index in [9.17, 15) is 4.79 Å². The zero-order chi connectivity index (χ0) is 19.9. The van der Waals surface area contributed by atoms with E-state index in [0.717, 1.165) is 61.7 Å². The monoisotopic (exact) mass is 381 g/mol. The van der Waals surface area contributed by atoms with Crippen molar-refractivity contribution in [2.75, 3.05) is 39.8 Å². The summed E-state index contributed by atoms with van der Waals surface area (Å²) in [6, 6.07) is 14.2. The number of carbonyl (C=O) groups excluding carboxylic acids is 1. The molecule has 3 rings (SSSR count). The van der Waals surface area contributed by atoms with Crippen molar-refractivity contribution in [1.82, 2.24) is 14.8 Å². The molecule has 1 aromatic heterocycles. The minimum absolute atomic E-state index is 0.226. The molecule has 1 aliphatic rings. The third kappa shape index (κ3) is 4.90. The third-order valence-electron chi connectivity index (χ3n) is 5.53. The summed E-state index contributed by atoms with van der Waals surface area (Å²) in [5, 5.41) is 0. The van der Waals surface area contributed by atoms with Crippen LogP contribution < -0.4 is 4.74 Å². The summed E-state index contributed by atoms with van der Waals surface area (Å²) in [5.41, 5.74) is 3.14. The van der Waals surface area contributed by atoms with Crippen molar-refractivity contribution in [3.05, 3.63) is 48.2 Å². The normalized spacial score (nSPS) is 17.3. The van der Waals surface area contributed by atoms with Crippen molar-refractivity contribution in [1.29, 1.82) is 0 Å². The zero-order valence-electron chi connectivity index (χ0n) is 17.2. The molecule has 1 fully saturated rings. The number of amides is 1. The number of carbonyl (C=O) groups is 1. The lowest BCUT2D eigenvalue weighted by molar-refractivity contribution is -0.132. The largest absolute Gasteiger partial charge is 0.497 e. The van der Waals surface area contributed by atoms with Gasteiger partial charge in [-0.2, -0.15) is 0 Å². The molecule has 0 spiro atoms. The fourth-order valence-corrected chi connectivity index (χ4v) is 3.93. The van der Waals surface area contributed by atoms with E-state index < -0.39 is 0 Å². The van der Waals surface area contributed by atoms with Gasteiger partial charge in [0.25, 0.3) is 0 Å². The van der Waals surface area contributed by atoms with Crippen LogP contribution in [0.5, 0.6) is 5.75 Å². The first kappa shape index (κ1) is 20.3. The van der Waals surface area contributed by atoms with Crippen LogP contribution in [0.2, 0.25) is 0 Å². The van der Waals surface area contributed by atoms with Crippen LogP contribution in [0, 0.1) is 0 Å². The zero-order valence-corrected chi connectivity index (χ0v) is 17.2. The van der Waals surface area contributed by atoms with Gasteiger partial charge in [0.05, 0.1) is 19.3 Å². The number of nitrogens with zero attached hydrogens (tertiary/aromatic N) is 3. The van der Waals surface area contributed by atoms with Crippen LogP contribution in [0.25, 0.3) is 11.3 Å². The van der Waals surface area contributed by atoms with Gasteiger partial charge in [-0.1, -0.05) is 18.2 Å². The maximum atomic E-state index is 12.5. The Balaban J connectivity index is 1.72. The highest BCUT2D eigenvalue weighted by Gasteiger charge is 2.25. The van der Waals surface area contributed by atoms with Gasteiger partial charge in [-0.25, -0.2) is 0 Å². The van der Waals surface area contributed by atoms with Gasteiger partial charge < -0.3 is 9.64 Å². The minimum atomic E-state index is 0.226. The molecule has 1 saturated heterocycles. The lowest BCUT2D eigenvalue weighted by atomic mass is 9.93. The summed E-state index contributed by atoms with van der Waals surface area (Å²) < 4.78 is 5.34. The summed E-state index contributed by atoms with van der Waals surface area (Å²) in [7, 11) is 1.68. The molecule has 150 valence electrons. The lowest BCUT2D eigenvalue weighted by Crippen LogP contribution is -2.43. The molecule has 5 heteroatoms. The molecule has 1 amide bonds. The number of hydrogen-bond donors (Lipinski definition) is 0. The van der Waals surface area contributed by atoms with Crippen molar-refractivity contribution >= 4 is 5.91 Å². The first-order chi connectivity index (χ1) is 13.6. The first-order valence-electron chi connectivity index (χ1n) is 10.3. The number of methoxy groups -OCH3 is 1. The van der Waals surface area contributed by atoms with Crippen LogP contribution in [-0.4, -0.2) is 60.5 Å². The van der Waals surface area contributed by atoms with E-state index in [1.165, 1.54) is 0 Å². The average molecular weight is 382 g/mol. The van der Waals surface area contributed by atoms with Gasteiger partial charge in [-0.15, -0.1) is 0 Å². The number of hydrogen-bond acceptors (Lipinski definition) is 4. The van der Waals surface area contributed by atoms with Crippen molar-refractivity contribution in [2.24, 2.45) is 0 Å². The molecule has 0 unspecified atom stereocenters. The Morgan fingerprint density at radius 1 is 1.21 bits per heavy atom. The third-order valence-corrected chi connectivity index (χ3v) is 5.53. The standard InChI is InChI=1S/C23H31N3O2/c1-4-26(5-2)23(27)17-25-14-8-10-19(16-25)22-13-7-12-21(24-22)18-9-6-11-20(15-18)28-3/h6-7,9,11-13,15,19H,4-5,8,10,14,16-17H2,1-3H3/t19-/m1/s1. The second kappa shape index (κ2) is 9.69. The fourth-order valence-electron chi connectivity index (χ4n) is 3.93. The molecule has 0 radical (unpaired) electrons. The minimum Gasteiger partial charge on any atom is -0.497 e. The maximum absolute atomic E-state index is 12.5. The molecule has 1 aromatic carbocycles. The molecule has 0 saturated carbocycles. The van der Waals surface area contributed by atoms with Crippen LogP contribution in [0.3, 0.4) is 0 Å². The second-order valence-electron chi connectivity index (χ2n) is 7.32. The summed E-state index contributed by atoms with van der Waals surface area (Å²) >= 11 is 0. The topological polar surface area (TPSA) is 45.7 Å². The van der Waals surface area contributed by atoms with Gasteiger partial charge in [-0.05, 0) is 57.5 Å². The Morgan fingerprint density at radius 2 is 2.00 bits per heavy atom. The number of ether oxygens (including phenoxy) is 1. The molecule has 0 aliphatic carbocycles. The summed E-state index contributed by atoms with van der Waals surface area (Å²) in [6.07, 6.45) is 2.21. The number of pyridine rings is 1.